The van der Waals surface area contributed by atoms with Crippen molar-refractivity contribution in [1.82, 2.24) is 14.9 Å². The zero-order valence-electron chi connectivity index (χ0n) is 8.07. The largest absolute Gasteiger partial charge is 0.301 e. The smallest absolute Gasteiger partial charge is 0.0758 e. The summed E-state index contributed by atoms with van der Waals surface area (Å²) in [6.45, 7) is 4.07. The van der Waals surface area contributed by atoms with Gasteiger partial charge in [0.1, 0.15) is 0 Å². The molecule has 1 atom stereocenters. The van der Waals surface area contributed by atoms with E-state index >= 15 is 0 Å². The Hall–Kier alpha value is -0.960. The summed E-state index contributed by atoms with van der Waals surface area (Å²) in [7, 11) is 4.07. The van der Waals surface area contributed by atoms with Gasteiger partial charge < -0.3 is 4.90 Å². The highest BCUT2D eigenvalue weighted by Crippen LogP contribution is 2.13. The van der Waals surface area contributed by atoms with Gasteiger partial charge in [-0.1, -0.05) is 0 Å². The van der Waals surface area contributed by atoms with Gasteiger partial charge >= 0.3 is 0 Å². The van der Waals surface area contributed by atoms with E-state index in [2.05, 4.69) is 21.8 Å². The van der Waals surface area contributed by atoms with Crippen LogP contribution in [-0.2, 0) is 0 Å². The Morgan fingerprint density at radius 3 is 2.50 bits per heavy atom. The molecular formula is C9H15N3. The van der Waals surface area contributed by atoms with Gasteiger partial charge in [0, 0.05) is 12.4 Å². The van der Waals surface area contributed by atoms with E-state index < -0.39 is 0 Å². The lowest BCUT2D eigenvalue weighted by atomic mass is 10.2. The van der Waals surface area contributed by atoms with E-state index in [9.17, 15) is 0 Å². The molecule has 0 fully saturated rings. The summed E-state index contributed by atoms with van der Waals surface area (Å²) in [5.74, 6) is 0. The lowest BCUT2D eigenvalue weighted by Gasteiger charge is -2.18. The van der Waals surface area contributed by atoms with E-state index in [1.54, 1.807) is 6.20 Å². The first-order chi connectivity index (χ1) is 5.61. The second-order valence-electron chi connectivity index (χ2n) is 3.22. The molecule has 12 heavy (non-hydrogen) atoms. The van der Waals surface area contributed by atoms with Crippen molar-refractivity contribution in [1.29, 1.82) is 0 Å². The van der Waals surface area contributed by atoms with Crippen molar-refractivity contribution in [3.05, 3.63) is 23.8 Å². The van der Waals surface area contributed by atoms with E-state index in [1.165, 1.54) is 0 Å². The predicted molar refractivity (Wildman–Crippen MR) is 48.9 cm³/mol. The van der Waals surface area contributed by atoms with Crippen LogP contribution in [0.2, 0.25) is 0 Å². The number of nitrogens with zero attached hydrogens (tertiary/aromatic N) is 3. The predicted octanol–water partition coefficient (Wildman–Crippen LogP) is 1.41. The Labute approximate surface area is 73.5 Å². The van der Waals surface area contributed by atoms with Gasteiger partial charge in [0.25, 0.3) is 0 Å². The van der Waals surface area contributed by atoms with Crippen molar-refractivity contribution in [2.45, 2.75) is 19.9 Å². The molecule has 0 amide bonds. The number of hydrogen-bond donors (Lipinski definition) is 0. The maximum atomic E-state index is 4.39. The van der Waals surface area contributed by atoms with Crippen LogP contribution in [0.5, 0.6) is 0 Å². The highest BCUT2D eigenvalue weighted by atomic mass is 15.1. The summed E-state index contributed by atoms with van der Waals surface area (Å²) in [4.78, 5) is 10.6. The van der Waals surface area contributed by atoms with Crippen LogP contribution >= 0.6 is 0 Å². The Morgan fingerprint density at radius 2 is 2.00 bits per heavy atom. The number of rotatable bonds is 2. The lowest BCUT2D eigenvalue weighted by molar-refractivity contribution is 0.314. The summed E-state index contributed by atoms with van der Waals surface area (Å²) in [6, 6.07) is 0.331. The molecule has 0 radical (unpaired) electrons. The quantitative estimate of drug-likeness (QED) is 0.663. The molecule has 3 nitrogen and oxygen atoms in total. The van der Waals surface area contributed by atoms with Gasteiger partial charge in [-0.15, -0.1) is 0 Å². The minimum atomic E-state index is 0.331. The fourth-order valence-corrected chi connectivity index (χ4v) is 0.949. The van der Waals surface area contributed by atoms with Crippen molar-refractivity contribution in [3.8, 4) is 0 Å². The third-order valence-corrected chi connectivity index (χ3v) is 1.98. The van der Waals surface area contributed by atoms with Crippen LogP contribution in [0, 0.1) is 6.92 Å². The van der Waals surface area contributed by atoms with Crippen LogP contribution in [0.4, 0.5) is 0 Å². The summed E-state index contributed by atoms with van der Waals surface area (Å²) in [6.07, 6.45) is 3.59. The monoisotopic (exact) mass is 165 g/mol. The van der Waals surface area contributed by atoms with Crippen molar-refractivity contribution in [2.24, 2.45) is 0 Å². The van der Waals surface area contributed by atoms with E-state index in [-0.39, 0.29) is 0 Å². The molecule has 66 valence electrons. The summed E-state index contributed by atoms with van der Waals surface area (Å²) in [5, 5.41) is 0. The number of hydrogen-bond acceptors (Lipinski definition) is 3. The Balaban J connectivity index is 2.88. The second-order valence-corrected chi connectivity index (χ2v) is 3.22. The van der Waals surface area contributed by atoms with Crippen LogP contribution in [-0.4, -0.2) is 29.0 Å². The van der Waals surface area contributed by atoms with E-state index in [4.69, 9.17) is 0 Å². The van der Waals surface area contributed by atoms with Crippen LogP contribution < -0.4 is 0 Å². The molecule has 0 spiro atoms. The molecule has 0 saturated heterocycles. The van der Waals surface area contributed by atoms with E-state index in [0.717, 1.165) is 11.4 Å². The molecule has 0 aliphatic rings. The second kappa shape index (κ2) is 3.63. The topological polar surface area (TPSA) is 29.0 Å². The molecule has 0 aromatic carbocycles. The van der Waals surface area contributed by atoms with Gasteiger partial charge in [0.05, 0.1) is 17.4 Å². The Morgan fingerprint density at radius 1 is 1.33 bits per heavy atom. The van der Waals surface area contributed by atoms with Gasteiger partial charge in [-0.2, -0.15) is 0 Å². The summed E-state index contributed by atoms with van der Waals surface area (Å²) >= 11 is 0. The van der Waals surface area contributed by atoms with Gasteiger partial charge in [0.15, 0.2) is 0 Å². The van der Waals surface area contributed by atoms with Crippen molar-refractivity contribution in [3.63, 3.8) is 0 Å². The van der Waals surface area contributed by atoms with Gasteiger partial charge in [-0.3, -0.25) is 9.97 Å². The molecule has 0 aliphatic carbocycles. The molecule has 0 aliphatic heterocycles. The normalized spacial score (nSPS) is 13.4. The third-order valence-electron chi connectivity index (χ3n) is 1.98. The zero-order valence-corrected chi connectivity index (χ0v) is 8.07. The molecule has 1 aromatic heterocycles. The maximum Gasteiger partial charge on any atom is 0.0758 e. The number of aryl methyl sites for hydroxylation is 1. The number of aromatic nitrogens is 2. The zero-order chi connectivity index (χ0) is 9.14. The maximum absolute atomic E-state index is 4.39. The van der Waals surface area contributed by atoms with Crippen molar-refractivity contribution < 1.29 is 0 Å². The summed E-state index contributed by atoms with van der Waals surface area (Å²) in [5.41, 5.74) is 2.00. The standard InChI is InChI=1S/C9H15N3/c1-7-5-10-6-9(11-7)8(2)12(3)4/h5-6,8H,1-4H3. The Bertz CT molecular complexity index is 258. The molecule has 1 aromatic rings. The molecule has 0 saturated carbocycles. The van der Waals surface area contributed by atoms with Crippen molar-refractivity contribution in [2.75, 3.05) is 14.1 Å². The van der Waals surface area contributed by atoms with Gasteiger partial charge in [0.2, 0.25) is 0 Å². The summed E-state index contributed by atoms with van der Waals surface area (Å²) < 4.78 is 0. The molecule has 1 heterocycles. The molecule has 1 rings (SSSR count). The van der Waals surface area contributed by atoms with Crippen LogP contribution in [0.15, 0.2) is 12.4 Å². The fraction of sp³-hybridized carbons (Fsp3) is 0.556. The third kappa shape index (κ3) is 2.01. The van der Waals surface area contributed by atoms with Crippen LogP contribution in [0.3, 0.4) is 0 Å². The van der Waals surface area contributed by atoms with Gasteiger partial charge in [-0.25, -0.2) is 0 Å². The van der Waals surface area contributed by atoms with E-state index in [1.807, 2.05) is 27.2 Å². The highest BCUT2D eigenvalue weighted by molar-refractivity contribution is 5.05. The van der Waals surface area contributed by atoms with E-state index in [0.29, 0.717) is 6.04 Å². The average Bonchev–Trinajstić information content (AvgIpc) is 2.03. The Kier molecular flexibility index (Phi) is 2.76. The molecule has 3 heteroatoms. The SMILES string of the molecule is Cc1cncc(C(C)N(C)C)n1. The lowest BCUT2D eigenvalue weighted by Crippen LogP contribution is -2.18. The first-order valence-electron chi connectivity index (χ1n) is 4.06. The molecule has 0 bridgehead atoms. The first-order valence-corrected chi connectivity index (χ1v) is 4.06. The fourth-order valence-electron chi connectivity index (χ4n) is 0.949. The van der Waals surface area contributed by atoms with Crippen molar-refractivity contribution >= 4 is 0 Å². The average molecular weight is 165 g/mol. The molecule has 1 unspecified atom stereocenters. The first kappa shape index (κ1) is 9.13. The molecular weight excluding hydrogens is 150 g/mol. The van der Waals surface area contributed by atoms with Crippen LogP contribution in [0.1, 0.15) is 24.4 Å². The van der Waals surface area contributed by atoms with Crippen LogP contribution in [0.25, 0.3) is 0 Å². The molecule has 0 N–H and O–H groups in total. The highest BCUT2D eigenvalue weighted by Gasteiger charge is 2.08. The minimum absolute atomic E-state index is 0.331. The van der Waals surface area contributed by atoms with Gasteiger partial charge in [-0.05, 0) is 27.9 Å². The minimum Gasteiger partial charge on any atom is -0.301 e.